The van der Waals surface area contributed by atoms with Gasteiger partial charge in [-0.25, -0.2) is 0 Å². The zero-order valence-electron chi connectivity index (χ0n) is 9.80. The number of fused-ring (bicyclic) bond motifs is 1. The quantitative estimate of drug-likeness (QED) is 0.802. The molecule has 1 aliphatic heterocycles. The summed E-state index contributed by atoms with van der Waals surface area (Å²) in [7, 11) is -3.55. The molecule has 0 bridgehead atoms. The third-order valence-corrected chi connectivity index (χ3v) is 3.24. The number of aliphatic hydroxyl groups excluding tert-OH is 1. The van der Waals surface area contributed by atoms with Gasteiger partial charge in [0.05, 0.1) is 11.7 Å². The summed E-state index contributed by atoms with van der Waals surface area (Å²) in [5.74, 6) is 0.764. The molecular formula is C11H14O5S. The Hall–Kier alpha value is -1.27. The molecule has 1 aromatic carbocycles. The second-order valence-corrected chi connectivity index (χ2v) is 6.21. The van der Waals surface area contributed by atoms with Gasteiger partial charge in [-0.15, -0.1) is 0 Å². The molecule has 0 fully saturated rings. The van der Waals surface area contributed by atoms with Crippen LogP contribution in [0.25, 0.3) is 0 Å². The summed E-state index contributed by atoms with van der Waals surface area (Å²) in [4.78, 5) is 0. The molecule has 1 aliphatic rings. The molecule has 1 aromatic rings. The number of ether oxygens (including phenoxy) is 1. The highest BCUT2D eigenvalue weighted by atomic mass is 32.2. The lowest BCUT2D eigenvalue weighted by Crippen LogP contribution is -2.31. The lowest BCUT2D eigenvalue weighted by atomic mass is 9.85. The van der Waals surface area contributed by atoms with Crippen molar-refractivity contribution in [1.82, 2.24) is 0 Å². The SMILES string of the molecule is CC1(C)c2cc(OS(C)(=O)=O)ccc2OC1O. The van der Waals surface area contributed by atoms with Crippen LogP contribution in [-0.4, -0.2) is 26.1 Å². The van der Waals surface area contributed by atoms with Gasteiger partial charge in [0.25, 0.3) is 0 Å². The van der Waals surface area contributed by atoms with E-state index in [-0.39, 0.29) is 5.75 Å². The predicted molar refractivity (Wildman–Crippen MR) is 61.6 cm³/mol. The predicted octanol–water partition coefficient (Wildman–Crippen LogP) is 1.01. The smallest absolute Gasteiger partial charge is 0.306 e. The van der Waals surface area contributed by atoms with Gasteiger partial charge in [0, 0.05) is 5.56 Å². The van der Waals surface area contributed by atoms with E-state index in [1.165, 1.54) is 6.07 Å². The molecule has 5 nitrogen and oxygen atoms in total. The van der Waals surface area contributed by atoms with Crippen LogP contribution in [0.2, 0.25) is 0 Å². The normalized spacial score (nSPS) is 21.8. The second-order valence-electron chi connectivity index (χ2n) is 4.64. The summed E-state index contributed by atoms with van der Waals surface area (Å²) < 4.78 is 32.1. The van der Waals surface area contributed by atoms with Crippen LogP contribution in [0.4, 0.5) is 0 Å². The Kier molecular flexibility index (Phi) is 2.59. The minimum atomic E-state index is -3.55. The summed E-state index contributed by atoms with van der Waals surface area (Å²) in [6.45, 7) is 3.63. The van der Waals surface area contributed by atoms with Crippen molar-refractivity contribution in [2.45, 2.75) is 25.6 Å². The van der Waals surface area contributed by atoms with E-state index in [1.54, 1.807) is 12.1 Å². The van der Waals surface area contributed by atoms with E-state index >= 15 is 0 Å². The van der Waals surface area contributed by atoms with Crippen molar-refractivity contribution in [3.63, 3.8) is 0 Å². The molecule has 0 aromatic heterocycles. The van der Waals surface area contributed by atoms with Gasteiger partial charge < -0.3 is 14.0 Å². The van der Waals surface area contributed by atoms with Crippen LogP contribution in [0.15, 0.2) is 18.2 Å². The molecule has 0 saturated heterocycles. The van der Waals surface area contributed by atoms with Crippen LogP contribution in [0.5, 0.6) is 11.5 Å². The number of benzene rings is 1. The van der Waals surface area contributed by atoms with Crippen molar-refractivity contribution in [3.8, 4) is 11.5 Å². The van der Waals surface area contributed by atoms with E-state index in [0.29, 0.717) is 5.75 Å². The van der Waals surface area contributed by atoms with E-state index < -0.39 is 21.8 Å². The van der Waals surface area contributed by atoms with E-state index in [0.717, 1.165) is 11.8 Å². The molecule has 0 aliphatic carbocycles. The molecule has 2 rings (SSSR count). The topological polar surface area (TPSA) is 72.8 Å². The molecule has 0 spiro atoms. The third kappa shape index (κ3) is 2.23. The van der Waals surface area contributed by atoms with Gasteiger partial charge in [0.2, 0.25) is 6.29 Å². The summed E-state index contributed by atoms with van der Waals surface area (Å²) in [5, 5.41) is 9.72. The average Bonchev–Trinajstić information content (AvgIpc) is 2.37. The molecule has 1 atom stereocenters. The minimum absolute atomic E-state index is 0.219. The molecule has 1 N–H and O–H groups in total. The van der Waals surface area contributed by atoms with E-state index in [2.05, 4.69) is 0 Å². The maximum atomic E-state index is 11.0. The van der Waals surface area contributed by atoms with E-state index in [1.807, 2.05) is 13.8 Å². The maximum Gasteiger partial charge on any atom is 0.306 e. The van der Waals surface area contributed by atoms with Gasteiger partial charge in [-0.3, -0.25) is 0 Å². The Morgan fingerprint density at radius 3 is 2.65 bits per heavy atom. The zero-order valence-corrected chi connectivity index (χ0v) is 10.6. The fourth-order valence-electron chi connectivity index (χ4n) is 1.74. The van der Waals surface area contributed by atoms with Crippen molar-refractivity contribution >= 4 is 10.1 Å². The molecule has 6 heteroatoms. The average molecular weight is 258 g/mol. The molecule has 0 amide bonds. The molecule has 0 radical (unpaired) electrons. The van der Waals surface area contributed by atoms with Gasteiger partial charge in [0.1, 0.15) is 11.5 Å². The fraction of sp³-hybridized carbons (Fsp3) is 0.455. The van der Waals surface area contributed by atoms with Crippen LogP contribution in [-0.2, 0) is 15.5 Å². The third-order valence-electron chi connectivity index (χ3n) is 2.75. The van der Waals surface area contributed by atoms with Crippen molar-refractivity contribution in [2.75, 3.05) is 6.26 Å². The molecule has 94 valence electrons. The highest BCUT2D eigenvalue weighted by Crippen LogP contribution is 2.43. The van der Waals surface area contributed by atoms with Gasteiger partial charge in [-0.1, -0.05) is 0 Å². The summed E-state index contributed by atoms with van der Waals surface area (Å²) >= 11 is 0. The van der Waals surface area contributed by atoms with Gasteiger partial charge in [-0.2, -0.15) is 8.42 Å². The standard InChI is InChI=1S/C11H14O5S/c1-11(2)8-6-7(16-17(3,13)14)4-5-9(8)15-10(11)12/h4-6,10,12H,1-3H3. The summed E-state index contributed by atoms with van der Waals surface area (Å²) in [6, 6.07) is 4.66. The first-order chi connectivity index (χ1) is 7.70. The first-order valence-corrected chi connectivity index (χ1v) is 6.90. The maximum absolute atomic E-state index is 11.0. The van der Waals surface area contributed by atoms with Crippen LogP contribution in [0.3, 0.4) is 0 Å². The van der Waals surface area contributed by atoms with Gasteiger partial charge in [-0.05, 0) is 32.0 Å². The van der Waals surface area contributed by atoms with Gasteiger partial charge in [0.15, 0.2) is 0 Å². The molecule has 1 unspecified atom stereocenters. The first-order valence-electron chi connectivity index (χ1n) is 5.09. The lowest BCUT2D eigenvalue weighted by Gasteiger charge is -2.20. The number of hydrogen-bond acceptors (Lipinski definition) is 5. The minimum Gasteiger partial charge on any atom is -0.464 e. The largest absolute Gasteiger partial charge is 0.464 e. The Balaban J connectivity index is 2.42. The lowest BCUT2D eigenvalue weighted by molar-refractivity contribution is -0.0450. The molecule has 17 heavy (non-hydrogen) atoms. The van der Waals surface area contributed by atoms with Crippen molar-refractivity contribution in [1.29, 1.82) is 0 Å². The van der Waals surface area contributed by atoms with Crippen LogP contribution < -0.4 is 8.92 Å². The van der Waals surface area contributed by atoms with Crippen molar-refractivity contribution < 1.29 is 22.4 Å². The second kappa shape index (κ2) is 3.61. The molecule has 1 heterocycles. The van der Waals surface area contributed by atoms with Crippen LogP contribution in [0.1, 0.15) is 19.4 Å². The summed E-state index contributed by atoms with van der Waals surface area (Å²) in [5.41, 5.74) is 0.137. The first kappa shape index (κ1) is 12.2. The number of rotatable bonds is 2. The van der Waals surface area contributed by atoms with Crippen LogP contribution in [0, 0.1) is 0 Å². The Bertz CT molecular complexity index is 547. The number of aliphatic hydroxyl groups is 1. The monoisotopic (exact) mass is 258 g/mol. The molecular weight excluding hydrogens is 244 g/mol. The molecule has 0 saturated carbocycles. The fourth-order valence-corrected chi connectivity index (χ4v) is 2.20. The van der Waals surface area contributed by atoms with E-state index in [4.69, 9.17) is 8.92 Å². The Labute approximate surface area is 100 Å². The summed E-state index contributed by atoms with van der Waals surface area (Å²) in [6.07, 6.45) is 0.0439. The van der Waals surface area contributed by atoms with Crippen molar-refractivity contribution in [2.24, 2.45) is 0 Å². The van der Waals surface area contributed by atoms with Crippen LogP contribution >= 0.6 is 0 Å². The van der Waals surface area contributed by atoms with Crippen molar-refractivity contribution in [3.05, 3.63) is 23.8 Å². The zero-order chi connectivity index (χ0) is 12.8. The highest BCUT2D eigenvalue weighted by molar-refractivity contribution is 7.86. The van der Waals surface area contributed by atoms with Gasteiger partial charge >= 0.3 is 10.1 Å². The Morgan fingerprint density at radius 2 is 2.06 bits per heavy atom. The highest BCUT2D eigenvalue weighted by Gasteiger charge is 2.40. The Morgan fingerprint density at radius 1 is 1.41 bits per heavy atom. The van der Waals surface area contributed by atoms with E-state index in [9.17, 15) is 13.5 Å². The number of hydrogen-bond donors (Lipinski definition) is 1.